The van der Waals surface area contributed by atoms with Crippen molar-refractivity contribution < 1.29 is 14.6 Å². The summed E-state index contributed by atoms with van der Waals surface area (Å²) in [6.07, 6.45) is 2.20. The van der Waals surface area contributed by atoms with Crippen LogP contribution in [0.25, 0.3) is 0 Å². The van der Waals surface area contributed by atoms with Gasteiger partial charge in [-0.05, 0) is 32.3 Å². The van der Waals surface area contributed by atoms with Gasteiger partial charge in [0.15, 0.2) is 0 Å². The van der Waals surface area contributed by atoms with Crippen LogP contribution in [0.15, 0.2) is 12.1 Å². The molecule has 0 radical (unpaired) electrons. The Morgan fingerprint density at radius 1 is 1.42 bits per heavy atom. The SMILES string of the molecule is COc1c(C)cc(C)cc1C(N)C1(C(=O)O)CCC1. The van der Waals surface area contributed by atoms with E-state index < -0.39 is 17.4 Å². The predicted molar refractivity (Wildman–Crippen MR) is 73.3 cm³/mol. The van der Waals surface area contributed by atoms with Crippen LogP contribution in [0.2, 0.25) is 0 Å². The van der Waals surface area contributed by atoms with Crippen molar-refractivity contribution in [3.05, 3.63) is 28.8 Å². The molecule has 4 heteroatoms. The number of ether oxygens (including phenoxy) is 1. The number of hydrogen-bond acceptors (Lipinski definition) is 3. The Kier molecular flexibility index (Phi) is 3.54. The van der Waals surface area contributed by atoms with E-state index in [0.717, 1.165) is 23.1 Å². The maximum atomic E-state index is 11.6. The maximum absolute atomic E-state index is 11.6. The molecule has 19 heavy (non-hydrogen) atoms. The highest BCUT2D eigenvalue weighted by molar-refractivity contribution is 5.77. The number of aryl methyl sites for hydroxylation is 2. The zero-order chi connectivity index (χ0) is 14.2. The fraction of sp³-hybridized carbons (Fsp3) is 0.533. The largest absolute Gasteiger partial charge is 0.496 e. The third-order valence-corrected chi connectivity index (χ3v) is 4.25. The lowest BCUT2D eigenvalue weighted by molar-refractivity contribution is -0.156. The van der Waals surface area contributed by atoms with E-state index in [1.807, 2.05) is 26.0 Å². The molecule has 1 unspecified atom stereocenters. The first kappa shape index (κ1) is 13.9. The van der Waals surface area contributed by atoms with Gasteiger partial charge in [-0.2, -0.15) is 0 Å². The molecule has 0 amide bonds. The predicted octanol–water partition coefficient (Wildman–Crippen LogP) is 2.57. The summed E-state index contributed by atoms with van der Waals surface area (Å²) in [5.74, 6) is -0.0851. The third-order valence-electron chi connectivity index (χ3n) is 4.25. The average Bonchev–Trinajstić information content (AvgIpc) is 2.25. The molecule has 1 atom stereocenters. The van der Waals surface area contributed by atoms with Crippen LogP contribution < -0.4 is 10.5 Å². The minimum absolute atomic E-state index is 0.521. The lowest BCUT2D eigenvalue weighted by atomic mass is 9.62. The second kappa shape index (κ2) is 4.85. The summed E-state index contributed by atoms with van der Waals surface area (Å²) in [7, 11) is 1.60. The molecule has 0 saturated heterocycles. The van der Waals surface area contributed by atoms with Crippen LogP contribution in [0.4, 0.5) is 0 Å². The number of rotatable bonds is 4. The minimum Gasteiger partial charge on any atom is -0.496 e. The van der Waals surface area contributed by atoms with Crippen molar-refractivity contribution in [1.82, 2.24) is 0 Å². The quantitative estimate of drug-likeness (QED) is 0.875. The van der Waals surface area contributed by atoms with Gasteiger partial charge in [0.25, 0.3) is 0 Å². The molecule has 2 rings (SSSR count). The molecule has 0 spiro atoms. The number of methoxy groups -OCH3 is 1. The molecule has 1 saturated carbocycles. The van der Waals surface area contributed by atoms with Crippen LogP contribution >= 0.6 is 0 Å². The van der Waals surface area contributed by atoms with Gasteiger partial charge in [0.1, 0.15) is 5.75 Å². The van der Waals surface area contributed by atoms with Crippen molar-refractivity contribution in [3.63, 3.8) is 0 Å². The van der Waals surface area contributed by atoms with Crippen molar-refractivity contribution >= 4 is 5.97 Å². The Bertz CT molecular complexity index is 506. The third kappa shape index (κ3) is 2.10. The summed E-state index contributed by atoms with van der Waals surface area (Å²) >= 11 is 0. The summed E-state index contributed by atoms with van der Waals surface area (Å²) in [5, 5.41) is 9.50. The van der Waals surface area contributed by atoms with Gasteiger partial charge in [-0.3, -0.25) is 4.79 Å². The van der Waals surface area contributed by atoms with E-state index in [-0.39, 0.29) is 0 Å². The highest BCUT2D eigenvalue weighted by Gasteiger charge is 2.50. The lowest BCUT2D eigenvalue weighted by Gasteiger charge is -2.43. The Hall–Kier alpha value is -1.55. The molecule has 0 aromatic heterocycles. The molecule has 0 bridgehead atoms. The van der Waals surface area contributed by atoms with E-state index in [1.54, 1.807) is 7.11 Å². The molecule has 1 aromatic carbocycles. The first-order valence-corrected chi connectivity index (χ1v) is 6.56. The van der Waals surface area contributed by atoms with Gasteiger partial charge in [0.2, 0.25) is 0 Å². The van der Waals surface area contributed by atoms with Crippen molar-refractivity contribution in [2.75, 3.05) is 7.11 Å². The van der Waals surface area contributed by atoms with Crippen LogP contribution in [-0.2, 0) is 4.79 Å². The van der Waals surface area contributed by atoms with E-state index >= 15 is 0 Å². The molecular formula is C15H21NO3. The Morgan fingerprint density at radius 3 is 2.47 bits per heavy atom. The van der Waals surface area contributed by atoms with Gasteiger partial charge in [0, 0.05) is 11.6 Å². The number of carboxylic acids is 1. The second-order valence-corrected chi connectivity index (χ2v) is 5.50. The molecule has 0 aliphatic heterocycles. The van der Waals surface area contributed by atoms with Crippen LogP contribution in [0, 0.1) is 19.3 Å². The molecule has 1 aliphatic rings. The smallest absolute Gasteiger partial charge is 0.311 e. The van der Waals surface area contributed by atoms with E-state index in [9.17, 15) is 9.90 Å². The van der Waals surface area contributed by atoms with E-state index in [0.29, 0.717) is 18.6 Å². The Balaban J connectivity index is 2.49. The Morgan fingerprint density at radius 2 is 2.05 bits per heavy atom. The molecule has 104 valence electrons. The zero-order valence-corrected chi connectivity index (χ0v) is 11.7. The molecule has 1 aromatic rings. The monoisotopic (exact) mass is 263 g/mol. The number of benzene rings is 1. The standard InChI is InChI=1S/C15H21NO3/c1-9-7-10(2)12(19-3)11(8-9)13(16)15(14(17)18)5-4-6-15/h7-8,13H,4-6,16H2,1-3H3,(H,17,18). The normalized spacial score (nSPS) is 18.5. The molecule has 1 fully saturated rings. The van der Waals surface area contributed by atoms with E-state index in [1.165, 1.54) is 0 Å². The fourth-order valence-electron chi connectivity index (χ4n) is 3.01. The van der Waals surface area contributed by atoms with Gasteiger partial charge < -0.3 is 15.6 Å². The zero-order valence-electron chi connectivity index (χ0n) is 11.7. The number of nitrogens with two attached hydrogens (primary N) is 1. The first-order chi connectivity index (χ1) is 8.92. The Labute approximate surface area is 113 Å². The fourth-order valence-corrected chi connectivity index (χ4v) is 3.01. The maximum Gasteiger partial charge on any atom is 0.311 e. The molecule has 0 heterocycles. The van der Waals surface area contributed by atoms with Gasteiger partial charge in [0.05, 0.1) is 12.5 Å². The summed E-state index contributed by atoms with van der Waals surface area (Å²) in [5.41, 5.74) is 8.34. The van der Waals surface area contributed by atoms with Gasteiger partial charge in [-0.25, -0.2) is 0 Å². The van der Waals surface area contributed by atoms with Gasteiger partial charge >= 0.3 is 5.97 Å². The van der Waals surface area contributed by atoms with Crippen LogP contribution in [0.1, 0.15) is 42.0 Å². The van der Waals surface area contributed by atoms with E-state index in [2.05, 4.69) is 0 Å². The lowest BCUT2D eigenvalue weighted by Crippen LogP contribution is -2.46. The van der Waals surface area contributed by atoms with Crippen LogP contribution in [-0.4, -0.2) is 18.2 Å². The number of hydrogen-bond donors (Lipinski definition) is 2. The van der Waals surface area contributed by atoms with Crippen molar-refractivity contribution in [2.45, 2.75) is 39.2 Å². The summed E-state index contributed by atoms with van der Waals surface area (Å²) in [6, 6.07) is 3.44. The molecule has 4 nitrogen and oxygen atoms in total. The number of carboxylic acid groups (broad SMARTS) is 1. The second-order valence-electron chi connectivity index (χ2n) is 5.50. The summed E-state index contributed by atoms with van der Waals surface area (Å²) in [4.78, 5) is 11.6. The average molecular weight is 263 g/mol. The highest BCUT2D eigenvalue weighted by Crippen LogP contribution is 2.51. The van der Waals surface area contributed by atoms with E-state index in [4.69, 9.17) is 10.5 Å². The van der Waals surface area contributed by atoms with Crippen molar-refractivity contribution in [3.8, 4) is 5.75 Å². The highest BCUT2D eigenvalue weighted by atomic mass is 16.5. The summed E-state index contributed by atoms with van der Waals surface area (Å²) < 4.78 is 5.42. The van der Waals surface area contributed by atoms with Gasteiger partial charge in [-0.1, -0.05) is 24.1 Å². The minimum atomic E-state index is -0.826. The molecular weight excluding hydrogens is 242 g/mol. The molecule has 3 N–H and O–H groups in total. The van der Waals surface area contributed by atoms with Gasteiger partial charge in [-0.15, -0.1) is 0 Å². The van der Waals surface area contributed by atoms with Crippen molar-refractivity contribution in [2.24, 2.45) is 11.1 Å². The first-order valence-electron chi connectivity index (χ1n) is 6.56. The molecule has 1 aliphatic carbocycles. The summed E-state index contributed by atoms with van der Waals surface area (Å²) in [6.45, 7) is 3.94. The number of aliphatic carboxylic acids is 1. The van der Waals surface area contributed by atoms with Crippen LogP contribution in [0.3, 0.4) is 0 Å². The topological polar surface area (TPSA) is 72.5 Å². The van der Waals surface area contributed by atoms with Crippen molar-refractivity contribution in [1.29, 1.82) is 0 Å². The van der Waals surface area contributed by atoms with Crippen LogP contribution in [0.5, 0.6) is 5.75 Å². The number of carbonyl (C=O) groups is 1.